The largest absolute Gasteiger partial charge is 0.338 e. The Balaban J connectivity index is 1.43. The lowest BCUT2D eigenvalue weighted by Gasteiger charge is -2.55. The molecule has 0 bridgehead atoms. The molecule has 2 aromatic heterocycles. The number of halogens is 1. The summed E-state index contributed by atoms with van der Waals surface area (Å²) in [5.41, 5.74) is 3.19. The molecular weight excluding hydrogens is 424 g/mol. The summed E-state index contributed by atoms with van der Waals surface area (Å²) in [6.07, 6.45) is 4.99. The first kappa shape index (κ1) is 20.8. The third-order valence-corrected chi connectivity index (χ3v) is 7.07. The monoisotopic (exact) mass is 448 g/mol. The smallest absolute Gasteiger partial charge is 0.275 e. The lowest BCUT2D eigenvalue weighted by atomic mass is 9.69. The number of hydrogen-bond acceptors (Lipinski definition) is 3. The Morgan fingerprint density at radius 2 is 1.94 bits per heavy atom. The van der Waals surface area contributed by atoms with Crippen LogP contribution in [0.25, 0.3) is 16.6 Å². The Hall–Kier alpha value is -3.12. The van der Waals surface area contributed by atoms with E-state index in [1.165, 1.54) is 6.08 Å². The van der Waals surface area contributed by atoms with Crippen LogP contribution in [-0.4, -0.2) is 56.9 Å². The van der Waals surface area contributed by atoms with Gasteiger partial charge in [0, 0.05) is 47.9 Å². The van der Waals surface area contributed by atoms with Gasteiger partial charge in [-0.25, -0.2) is 4.52 Å². The molecule has 2 fully saturated rings. The molecular formula is C25H25ClN4O2. The summed E-state index contributed by atoms with van der Waals surface area (Å²) in [7, 11) is 0. The van der Waals surface area contributed by atoms with E-state index in [9.17, 15) is 9.59 Å². The van der Waals surface area contributed by atoms with Crippen LogP contribution >= 0.6 is 11.6 Å². The van der Waals surface area contributed by atoms with Crippen LogP contribution in [0.4, 0.5) is 0 Å². The van der Waals surface area contributed by atoms with Crippen LogP contribution in [0.5, 0.6) is 0 Å². The molecule has 0 radical (unpaired) electrons. The van der Waals surface area contributed by atoms with Gasteiger partial charge in [-0.2, -0.15) is 5.10 Å². The molecule has 1 atom stereocenters. The number of fused-ring (bicyclic) bond motifs is 1. The zero-order valence-corrected chi connectivity index (χ0v) is 18.8. The third-order valence-electron chi connectivity index (χ3n) is 6.82. The number of pyridine rings is 1. The number of nitrogens with zero attached hydrogens (tertiary/aromatic N) is 4. The maximum Gasteiger partial charge on any atom is 0.275 e. The number of amides is 2. The molecule has 3 aromatic rings. The fourth-order valence-corrected chi connectivity index (χ4v) is 5.37. The van der Waals surface area contributed by atoms with Crippen molar-refractivity contribution in [2.24, 2.45) is 5.41 Å². The number of likely N-dealkylation sites (tertiary alicyclic amines) is 2. The van der Waals surface area contributed by atoms with Crippen LogP contribution in [0.3, 0.4) is 0 Å². The molecule has 5 rings (SSSR count). The van der Waals surface area contributed by atoms with Gasteiger partial charge in [-0.1, -0.05) is 36.4 Å². The summed E-state index contributed by atoms with van der Waals surface area (Å²) in [5.74, 6) is -0.0709. The van der Waals surface area contributed by atoms with E-state index < -0.39 is 0 Å². The molecule has 6 nitrogen and oxygen atoms in total. The summed E-state index contributed by atoms with van der Waals surface area (Å²) in [4.78, 5) is 29.4. The van der Waals surface area contributed by atoms with Crippen LogP contribution in [0, 0.1) is 5.41 Å². The predicted molar refractivity (Wildman–Crippen MR) is 125 cm³/mol. The van der Waals surface area contributed by atoms with Crippen molar-refractivity contribution < 1.29 is 9.59 Å². The SMILES string of the molecule is C=CC(=O)N1CC2(CCN(C(=O)c3nn4ccccc4c3-c3ccc(Cl)cc3)[C@@H](C)C2)C1. The molecule has 4 heterocycles. The first-order valence-corrected chi connectivity index (χ1v) is 11.2. The van der Waals surface area contributed by atoms with E-state index in [-0.39, 0.29) is 23.3 Å². The zero-order chi connectivity index (χ0) is 22.5. The van der Waals surface area contributed by atoms with Gasteiger partial charge in [0.2, 0.25) is 5.91 Å². The van der Waals surface area contributed by atoms with E-state index in [0.717, 1.165) is 42.6 Å². The molecule has 0 N–H and O–H groups in total. The molecule has 2 amide bonds. The molecule has 1 aromatic carbocycles. The second-order valence-corrected chi connectivity index (χ2v) is 9.40. The maximum absolute atomic E-state index is 13.7. The van der Waals surface area contributed by atoms with Gasteiger partial charge < -0.3 is 9.80 Å². The highest BCUT2D eigenvalue weighted by atomic mass is 35.5. The molecule has 2 saturated heterocycles. The number of rotatable bonds is 3. The van der Waals surface area contributed by atoms with Crippen molar-refractivity contribution in [3.63, 3.8) is 0 Å². The number of carbonyl (C=O) groups is 2. The quantitative estimate of drug-likeness (QED) is 0.561. The third kappa shape index (κ3) is 3.39. The maximum atomic E-state index is 13.7. The standard InChI is InChI=1S/C25H25ClN4O2/c1-3-21(31)28-15-25(16-28)11-13-29(17(2)14-25)24(32)23-22(18-7-9-19(26)10-8-18)20-6-4-5-12-30(20)27-23/h3-10,12,17H,1,11,13-16H2,2H3/t17-/m0/s1. The molecule has 0 saturated carbocycles. The van der Waals surface area contributed by atoms with Gasteiger partial charge in [0.15, 0.2) is 5.69 Å². The van der Waals surface area contributed by atoms with Gasteiger partial charge >= 0.3 is 0 Å². The molecule has 2 aliphatic rings. The van der Waals surface area contributed by atoms with E-state index in [1.807, 2.05) is 58.5 Å². The van der Waals surface area contributed by atoms with E-state index in [1.54, 1.807) is 4.52 Å². The van der Waals surface area contributed by atoms with Gasteiger partial charge in [-0.15, -0.1) is 0 Å². The lowest BCUT2D eigenvalue weighted by Crippen LogP contribution is -2.63. The van der Waals surface area contributed by atoms with Crippen LogP contribution in [-0.2, 0) is 4.79 Å². The van der Waals surface area contributed by atoms with Crippen molar-refractivity contribution in [1.82, 2.24) is 19.4 Å². The Kier molecular flexibility index (Phi) is 5.05. The second-order valence-electron chi connectivity index (χ2n) is 8.96. The van der Waals surface area contributed by atoms with E-state index in [2.05, 4.69) is 18.6 Å². The Bertz CT molecular complexity index is 1210. The topological polar surface area (TPSA) is 57.9 Å². The highest BCUT2D eigenvalue weighted by Crippen LogP contribution is 2.43. The lowest BCUT2D eigenvalue weighted by molar-refractivity contribution is -0.142. The first-order chi connectivity index (χ1) is 15.4. The van der Waals surface area contributed by atoms with Gasteiger partial charge in [0.05, 0.1) is 5.52 Å². The highest BCUT2D eigenvalue weighted by Gasteiger charge is 2.49. The highest BCUT2D eigenvalue weighted by molar-refractivity contribution is 6.30. The number of aromatic nitrogens is 2. The minimum absolute atomic E-state index is 0.0147. The fraction of sp³-hybridized carbons (Fsp3) is 0.320. The average Bonchev–Trinajstić information content (AvgIpc) is 3.16. The van der Waals surface area contributed by atoms with Crippen LogP contribution < -0.4 is 0 Å². The Morgan fingerprint density at radius 1 is 1.19 bits per heavy atom. The minimum atomic E-state index is -0.0562. The van der Waals surface area contributed by atoms with Crippen molar-refractivity contribution in [2.75, 3.05) is 19.6 Å². The van der Waals surface area contributed by atoms with E-state index >= 15 is 0 Å². The number of piperidine rings is 1. The molecule has 32 heavy (non-hydrogen) atoms. The number of benzene rings is 1. The van der Waals surface area contributed by atoms with Crippen LogP contribution in [0.1, 0.15) is 30.3 Å². The molecule has 0 aliphatic carbocycles. The van der Waals surface area contributed by atoms with E-state index in [4.69, 9.17) is 11.6 Å². The molecule has 1 spiro atoms. The van der Waals surface area contributed by atoms with Gasteiger partial charge in [0.1, 0.15) is 0 Å². The summed E-state index contributed by atoms with van der Waals surface area (Å²) in [6, 6.07) is 13.4. The Labute approximate surface area is 192 Å². The predicted octanol–water partition coefficient (Wildman–Crippen LogP) is 4.29. The van der Waals surface area contributed by atoms with Gasteiger partial charge in [-0.3, -0.25) is 9.59 Å². The summed E-state index contributed by atoms with van der Waals surface area (Å²) >= 11 is 6.09. The second kappa shape index (κ2) is 7.78. The van der Waals surface area contributed by atoms with Crippen LogP contribution in [0.2, 0.25) is 5.02 Å². The van der Waals surface area contributed by atoms with Crippen molar-refractivity contribution in [3.05, 3.63) is 72.0 Å². The Morgan fingerprint density at radius 3 is 2.62 bits per heavy atom. The van der Waals surface area contributed by atoms with Crippen molar-refractivity contribution in [2.45, 2.75) is 25.8 Å². The average molecular weight is 449 g/mol. The molecule has 164 valence electrons. The minimum Gasteiger partial charge on any atom is -0.338 e. The van der Waals surface area contributed by atoms with E-state index in [0.29, 0.717) is 17.3 Å². The van der Waals surface area contributed by atoms with Gasteiger partial charge in [0.25, 0.3) is 5.91 Å². The van der Waals surface area contributed by atoms with Crippen molar-refractivity contribution in [3.8, 4) is 11.1 Å². The zero-order valence-electron chi connectivity index (χ0n) is 18.0. The normalized spacial score (nSPS) is 19.8. The van der Waals surface area contributed by atoms with Crippen molar-refractivity contribution in [1.29, 1.82) is 0 Å². The number of carbonyl (C=O) groups excluding carboxylic acids is 2. The summed E-state index contributed by atoms with van der Waals surface area (Å²) in [6.45, 7) is 7.81. The summed E-state index contributed by atoms with van der Waals surface area (Å²) < 4.78 is 1.76. The first-order valence-electron chi connectivity index (χ1n) is 10.9. The molecule has 0 unspecified atom stereocenters. The van der Waals surface area contributed by atoms with Crippen molar-refractivity contribution >= 4 is 28.9 Å². The fourth-order valence-electron chi connectivity index (χ4n) is 5.24. The van der Waals surface area contributed by atoms with Gasteiger partial charge in [-0.05, 0) is 55.7 Å². The van der Waals surface area contributed by atoms with Crippen LogP contribution in [0.15, 0.2) is 61.3 Å². The summed E-state index contributed by atoms with van der Waals surface area (Å²) in [5, 5.41) is 5.32. The number of hydrogen-bond donors (Lipinski definition) is 0. The molecule has 7 heteroatoms. The molecule has 2 aliphatic heterocycles.